The zero-order chi connectivity index (χ0) is 21.7. The van der Waals surface area contributed by atoms with Crippen LogP contribution in [0.4, 0.5) is 0 Å². The third-order valence-corrected chi connectivity index (χ3v) is 4.90. The lowest BCUT2D eigenvalue weighted by Crippen LogP contribution is -2.33. The van der Waals surface area contributed by atoms with Crippen LogP contribution in [-0.2, 0) is 22.7 Å². The summed E-state index contributed by atoms with van der Waals surface area (Å²) in [6.07, 6.45) is 0. The van der Waals surface area contributed by atoms with Crippen LogP contribution in [0.25, 0.3) is 11.0 Å². The summed E-state index contributed by atoms with van der Waals surface area (Å²) in [5.74, 6) is 1.13. The zero-order valence-corrected chi connectivity index (χ0v) is 17.8. The minimum atomic E-state index is -0.318. The lowest BCUT2D eigenvalue weighted by Gasteiger charge is -2.17. The molecule has 0 bridgehead atoms. The van der Waals surface area contributed by atoms with Crippen LogP contribution in [-0.4, -0.2) is 28.5 Å². The third-order valence-electron chi connectivity index (χ3n) is 4.90. The molecule has 1 unspecified atom stereocenters. The van der Waals surface area contributed by atoms with Gasteiger partial charge in [0.2, 0.25) is 11.8 Å². The first-order chi connectivity index (χ1) is 14.4. The molecule has 2 aromatic carbocycles. The molecule has 0 saturated carbocycles. The summed E-state index contributed by atoms with van der Waals surface area (Å²) in [6, 6.07) is 14.9. The standard InChI is InChI=1S/C23H28N4O3/c1-15(2)23(29)25-16(3)22-26-19-7-5-6-8-20(19)27(22)14-21(28)24-13-17-9-11-18(30-4)12-10-17/h5-12,15-16H,13-14H2,1-4H3,(H,24,28)(H,25,29). The first-order valence-electron chi connectivity index (χ1n) is 10.0. The van der Waals surface area contributed by atoms with Crippen LogP contribution in [0.1, 0.15) is 38.2 Å². The van der Waals surface area contributed by atoms with Crippen molar-refractivity contribution in [2.45, 2.75) is 39.9 Å². The van der Waals surface area contributed by atoms with Crippen LogP contribution in [0.15, 0.2) is 48.5 Å². The van der Waals surface area contributed by atoms with E-state index in [0.29, 0.717) is 12.4 Å². The average molecular weight is 409 g/mol. The molecule has 0 saturated heterocycles. The lowest BCUT2D eigenvalue weighted by molar-refractivity contribution is -0.124. The number of rotatable bonds is 8. The number of carbonyl (C=O) groups excluding carboxylic acids is 2. The summed E-state index contributed by atoms with van der Waals surface area (Å²) in [5.41, 5.74) is 2.64. The maximum Gasteiger partial charge on any atom is 0.240 e. The van der Waals surface area contributed by atoms with Crippen molar-refractivity contribution in [3.63, 3.8) is 0 Å². The van der Waals surface area contributed by atoms with E-state index in [-0.39, 0.29) is 30.3 Å². The number of methoxy groups -OCH3 is 1. The van der Waals surface area contributed by atoms with Crippen molar-refractivity contribution in [3.05, 3.63) is 59.9 Å². The highest BCUT2D eigenvalue weighted by atomic mass is 16.5. The number of benzene rings is 2. The Balaban J connectivity index is 1.76. The maximum atomic E-state index is 12.7. The van der Waals surface area contributed by atoms with Gasteiger partial charge in [-0.3, -0.25) is 9.59 Å². The number of carbonyl (C=O) groups is 2. The van der Waals surface area contributed by atoms with Gasteiger partial charge in [0.05, 0.1) is 24.2 Å². The summed E-state index contributed by atoms with van der Waals surface area (Å²) in [4.78, 5) is 29.5. The van der Waals surface area contributed by atoms with Crippen LogP contribution in [0.2, 0.25) is 0 Å². The molecule has 1 atom stereocenters. The van der Waals surface area contributed by atoms with Crippen molar-refractivity contribution in [1.29, 1.82) is 0 Å². The molecule has 30 heavy (non-hydrogen) atoms. The molecule has 2 N–H and O–H groups in total. The molecule has 0 spiro atoms. The molecule has 1 heterocycles. The number of nitrogens with one attached hydrogen (secondary N) is 2. The highest BCUT2D eigenvalue weighted by Gasteiger charge is 2.20. The Bertz CT molecular complexity index is 1020. The molecule has 0 fully saturated rings. The third kappa shape index (κ3) is 4.97. The molecular weight excluding hydrogens is 380 g/mol. The predicted molar refractivity (Wildman–Crippen MR) is 116 cm³/mol. The molecule has 0 aliphatic carbocycles. The van der Waals surface area contributed by atoms with Crippen molar-refractivity contribution < 1.29 is 14.3 Å². The van der Waals surface area contributed by atoms with Gasteiger partial charge in [0.15, 0.2) is 0 Å². The number of para-hydroxylation sites is 2. The Hall–Kier alpha value is -3.35. The first-order valence-corrected chi connectivity index (χ1v) is 10.0. The molecule has 2 amide bonds. The van der Waals surface area contributed by atoms with Gasteiger partial charge in [-0.1, -0.05) is 38.1 Å². The molecule has 7 nitrogen and oxygen atoms in total. The topological polar surface area (TPSA) is 85.2 Å². The van der Waals surface area contributed by atoms with Crippen LogP contribution >= 0.6 is 0 Å². The predicted octanol–water partition coefficient (Wildman–Crippen LogP) is 3.19. The van der Waals surface area contributed by atoms with Gasteiger partial charge < -0.3 is 19.9 Å². The van der Waals surface area contributed by atoms with Gasteiger partial charge in [0.1, 0.15) is 18.1 Å². The number of fused-ring (bicyclic) bond motifs is 1. The summed E-state index contributed by atoms with van der Waals surface area (Å²) < 4.78 is 7.02. The Kier molecular flexibility index (Phi) is 6.72. The second kappa shape index (κ2) is 9.43. The van der Waals surface area contributed by atoms with Gasteiger partial charge in [0.25, 0.3) is 0 Å². The number of ether oxygens (including phenoxy) is 1. The summed E-state index contributed by atoms with van der Waals surface area (Å²) in [7, 11) is 1.62. The van der Waals surface area contributed by atoms with Gasteiger partial charge >= 0.3 is 0 Å². The minimum Gasteiger partial charge on any atom is -0.497 e. The normalized spacial score (nSPS) is 12.0. The van der Waals surface area contributed by atoms with Gasteiger partial charge in [-0.2, -0.15) is 0 Å². The molecule has 3 aromatic rings. The zero-order valence-electron chi connectivity index (χ0n) is 17.8. The van der Waals surface area contributed by atoms with Crippen molar-refractivity contribution in [2.75, 3.05) is 7.11 Å². The lowest BCUT2D eigenvalue weighted by atomic mass is 10.2. The SMILES string of the molecule is COc1ccc(CNC(=O)Cn2c(C(C)NC(=O)C(C)C)nc3ccccc32)cc1. The largest absolute Gasteiger partial charge is 0.497 e. The van der Waals surface area contributed by atoms with E-state index >= 15 is 0 Å². The molecule has 158 valence electrons. The van der Waals surface area contributed by atoms with E-state index in [1.165, 1.54) is 0 Å². The fourth-order valence-electron chi connectivity index (χ4n) is 3.18. The summed E-state index contributed by atoms with van der Waals surface area (Å²) in [6.45, 7) is 6.11. The van der Waals surface area contributed by atoms with Gasteiger partial charge in [-0.25, -0.2) is 4.98 Å². The Morgan fingerprint density at radius 1 is 1.07 bits per heavy atom. The first kappa shape index (κ1) is 21.4. The number of nitrogens with zero attached hydrogens (tertiary/aromatic N) is 2. The quantitative estimate of drug-likeness (QED) is 0.599. The van der Waals surface area contributed by atoms with E-state index in [4.69, 9.17) is 4.74 Å². The minimum absolute atomic E-state index is 0.0509. The van der Waals surface area contributed by atoms with E-state index in [1.807, 2.05) is 73.9 Å². The maximum absolute atomic E-state index is 12.7. The number of amides is 2. The number of aromatic nitrogens is 2. The Labute approximate surface area is 176 Å². The fraction of sp³-hybridized carbons (Fsp3) is 0.348. The Morgan fingerprint density at radius 3 is 2.43 bits per heavy atom. The van der Waals surface area contributed by atoms with Crippen LogP contribution in [0.5, 0.6) is 5.75 Å². The molecule has 3 rings (SSSR count). The van der Waals surface area contributed by atoms with Gasteiger partial charge in [-0.05, 0) is 36.8 Å². The van der Waals surface area contributed by atoms with Crippen LogP contribution in [0.3, 0.4) is 0 Å². The number of imidazole rings is 1. The van der Waals surface area contributed by atoms with Crippen molar-refractivity contribution in [1.82, 2.24) is 20.2 Å². The van der Waals surface area contributed by atoms with E-state index in [0.717, 1.165) is 22.3 Å². The van der Waals surface area contributed by atoms with E-state index in [2.05, 4.69) is 15.6 Å². The molecule has 0 radical (unpaired) electrons. The molecule has 0 aliphatic heterocycles. The summed E-state index contributed by atoms with van der Waals surface area (Å²) >= 11 is 0. The average Bonchev–Trinajstić information content (AvgIpc) is 3.11. The van der Waals surface area contributed by atoms with E-state index in [9.17, 15) is 9.59 Å². The van der Waals surface area contributed by atoms with Crippen LogP contribution < -0.4 is 15.4 Å². The number of hydrogen-bond donors (Lipinski definition) is 2. The van der Waals surface area contributed by atoms with Crippen molar-refractivity contribution >= 4 is 22.8 Å². The molecule has 7 heteroatoms. The summed E-state index contributed by atoms with van der Waals surface area (Å²) in [5, 5.41) is 5.92. The van der Waals surface area contributed by atoms with Crippen molar-refractivity contribution in [3.8, 4) is 5.75 Å². The van der Waals surface area contributed by atoms with Gasteiger partial charge in [0, 0.05) is 12.5 Å². The molecule has 0 aliphatic rings. The van der Waals surface area contributed by atoms with Crippen LogP contribution in [0, 0.1) is 5.92 Å². The molecular formula is C23H28N4O3. The molecule has 1 aromatic heterocycles. The second-order valence-electron chi connectivity index (χ2n) is 7.55. The second-order valence-corrected chi connectivity index (χ2v) is 7.55. The highest BCUT2D eigenvalue weighted by molar-refractivity contribution is 5.82. The number of hydrogen-bond acceptors (Lipinski definition) is 4. The van der Waals surface area contributed by atoms with Crippen molar-refractivity contribution in [2.24, 2.45) is 5.92 Å². The van der Waals surface area contributed by atoms with E-state index in [1.54, 1.807) is 7.11 Å². The monoisotopic (exact) mass is 408 g/mol. The Morgan fingerprint density at radius 2 is 1.77 bits per heavy atom. The van der Waals surface area contributed by atoms with E-state index < -0.39 is 0 Å². The fourth-order valence-corrected chi connectivity index (χ4v) is 3.18. The smallest absolute Gasteiger partial charge is 0.240 e. The highest BCUT2D eigenvalue weighted by Crippen LogP contribution is 2.21. The van der Waals surface area contributed by atoms with Gasteiger partial charge in [-0.15, -0.1) is 0 Å².